The normalized spacial score (nSPS) is 37.8. The van der Waals surface area contributed by atoms with E-state index in [4.69, 9.17) is 5.73 Å². The molecular weight excluding hydrogens is 258 g/mol. The molecule has 3 heteroatoms. The van der Waals surface area contributed by atoms with Gasteiger partial charge >= 0.3 is 0 Å². The molecule has 4 aliphatic carbocycles. The van der Waals surface area contributed by atoms with Crippen molar-refractivity contribution >= 4 is 11.6 Å². The molecular formula is C18H25N3. The number of benzene rings is 1. The molecule has 4 saturated carbocycles. The summed E-state index contributed by atoms with van der Waals surface area (Å²) in [5, 5.41) is 3.63. The van der Waals surface area contributed by atoms with Crippen molar-refractivity contribution in [1.82, 2.24) is 5.32 Å². The average molecular weight is 283 g/mol. The van der Waals surface area contributed by atoms with Crippen LogP contribution in [-0.4, -0.2) is 11.5 Å². The first-order valence-corrected chi connectivity index (χ1v) is 8.30. The maximum Gasteiger partial charge on any atom is 0.194 e. The SMILES string of the molecule is Cc1ccccc1N=C(N)NC12CC3CC(CC(C3)C1)C2. The summed E-state index contributed by atoms with van der Waals surface area (Å²) in [6, 6.07) is 8.17. The van der Waals surface area contributed by atoms with Crippen LogP contribution in [0.4, 0.5) is 5.69 Å². The van der Waals surface area contributed by atoms with Crippen molar-refractivity contribution in [2.75, 3.05) is 0 Å². The zero-order valence-corrected chi connectivity index (χ0v) is 12.8. The van der Waals surface area contributed by atoms with Gasteiger partial charge in [-0.05, 0) is 74.8 Å². The molecule has 3 nitrogen and oxygen atoms in total. The Kier molecular flexibility index (Phi) is 2.98. The Morgan fingerprint density at radius 1 is 1.10 bits per heavy atom. The summed E-state index contributed by atoms with van der Waals surface area (Å²) in [5.74, 6) is 3.38. The van der Waals surface area contributed by atoms with E-state index < -0.39 is 0 Å². The molecule has 0 spiro atoms. The molecule has 4 aliphatic rings. The number of nitrogens with one attached hydrogen (secondary N) is 1. The van der Waals surface area contributed by atoms with Gasteiger partial charge in [-0.1, -0.05) is 18.2 Å². The molecule has 5 rings (SSSR count). The number of para-hydroxylation sites is 1. The van der Waals surface area contributed by atoms with Gasteiger partial charge in [-0.25, -0.2) is 4.99 Å². The molecule has 0 radical (unpaired) electrons. The van der Waals surface area contributed by atoms with Gasteiger partial charge in [-0.15, -0.1) is 0 Å². The Morgan fingerprint density at radius 2 is 1.67 bits per heavy atom. The highest BCUT2D eigenvalue weighted by atomic mass is 15.1. The molecule has 4 bridgehead atoms. The van der Waals surface area contributed by atoms with Crippen LogP contribution in [0.1, 0.15) is 44.1 Å². The van der Waals surface area contributed by atoms with E-state index in [2.05, 4.69) is 23.3 Å². The van der Waals surface area contributed by atoms with Gasteiger partial charge in [0, 0.05) is 5.54 Å². The number of aryl methyl sites for hydroxylation is 1. The molecule has 0 atom stereocenters. The van der Waals surface area contributed by atoms with Crippen molar-refractivity contribution in [3.8, 4) is 0 Å². The Balaban J connectivity index is 1.54. The molecule has 0 aliphatic heterocycles. The lowest BCUT2D eigenvalue weighted by Crippen LogP contribution is -2.61. The van der Waals surface area contributed by atoms with Gasteiger partial charge in [-0.2, -0.15) is 0 Å². The fourth-order valence-electron chi connectivity index (χ4n) is 5.38. The number of aliphatic imine (C=N–C) groups is 1. The molecule has 3 N–H and O–H groups in total. The van der Waals surface area contributed by atoms with Crippen LogP contribution in [0.2, 0.25) is 0 Å². The molecule has 4 fully saturated rings. The lowest BCUT2D eigenvalue weighted by Gasteiger charge is -2.57. The second-order valence-electron chi connectivity index (χ2n) is 7.61. The molecule has 0 unspecified atom stereocenters. The van der Waals surface area contributed by atoms with E-state index in [-0.39, 0.29) is 5.54 Å². The fourth-order valence-corrected chi connectivity index (χ4v) is 5.38. The zero-order valence-electron chi connectivity index (χ0n) is 12.8. The lowest BCUT2D eigenvalue weighted by atomic mass is 9.53. The highest BCUT2D eigenvalue weighted by Gasteiger charge is 2.51. The third-order valence-electron chi connectivity index (χ3n) is 5.79. The fraction of sp³-hybridized carbons (Fsp3) is 0.611. The molecule has 0 amide bonds. The van der Waals surface area contributed by atoms with Crippen LogP contribution >= 0.6 is 0 Å². The van der Waals surface area contributed by atoms with Crippen molar-refractivity contribution in [3.63, 3.8) is 0 Å². The van der Waals surface area contributed by atoms with Gasteiger partial charge in [0.15, 0.2) is 5.96 Å². The molecule has 0 heterocycles. The van der Waals surface area contributed by atoms with Gasteiger partial charge in [-0.3, -0.25) is 0 Å². The Morgan fingerprint density at radius 3 is 2.24 bits per heavy atom. The van der Waals surface area contributed by atoms with Crippen LogP contribution < -0.4 is 11.1 Å². The summed E-state index contributed by atoms with van der Waals surface area (Å²) in [6.07, 6.45) is 8.25. The highest BCUT2D eigenvalue weighted by molar-refractivity contribution is 5.82. The van der Waals surface area contributed by atoms with E-state index in [1.165, 1.54) is 44.1 Å². The van der Waals surface area contributed by atoms with E-state index in [0.29, 0.717) is 5.96 Å². The second kappa shape index (κ2) is 4.75. The van der Waals surface area contributed by atoms with E-state index in [0.717, 1.165) is 23.4 Å². The summed E-state index contributed by atoms with van der Waals surface area (Å²) in [7, 11) is 0. The van der Waals surface area contributed by atoms with Crippen LogP contribution in [0.25, 0.3) is 0 Å². The first kappa shape index (κ1) is 13.2. The number of hydrogen-bond donors (Lipinski definition) is 2. The van der Waals surface area contributed by atoms with E-state index in [1.807, 2.05) is 18.2 Å². The van der Waals surface area contributed by atoms with Crippen LogP contribution in [0, 0.1) is 24.7 Å². The van der Waals surface area contributed by atoms with Crippen LogP contribution in [-0.2, 0) is 0 Å². The van der Waals surface area contributed by atoms with Crippen molar-refractivity contribution < 1.29 is 0 Å². The standard InChI is InChI=1S/C18H25N3/c1-12-4-2-3-5-16(12)20-17(19)21-18-9-13-6-14(10-18)8-15(7-13)11-18/h2-5,13-15H,6-11H2,1H3,(H3,19,20,21). The first-order chi connectivity index (χ1) is 10.1. The maximum absolute atomic E-state index is 6.23. The predicted octanol–water partition coefficient (Wildman–Crippen LogP) is 3.50. The molecule has 21 heavy (non-hydrogen) atoms. The van der Waals surface area contributed by atoms with Gasteiger partial charge in [0.05, 0.1) is 5.69 Å². The minimum atomic E-state index is 0.241. The average Bonchev–Trinajstić information content (AvgIpc) is 2.39. The van der Waals surface area contributed by atoms with Crippen LogP contribution in [0.5, 0.6) is 0 Å². The number of nitrogens with two attached hydrogens (primary N) is 1. The van der Waals surface area contributed by atoms with Gasteiger partial charge < -0.3 is 11.1 Å². The van der Waals surface area contributed by atoms with Gasteiger partial charge in [0.2, 0.25) is 0 Å². The Hall–Kier alpha value is -1.51. The third kappa shape index (κ3) is 2.43. The van der Waals surface area contributed by atoms with E-state index in [9.17, 15) is 0 Å². The summed E-state index contributed by atoms with van der Waals surface area (Å²) in [4.78, 5) is 4.62. The van der Waals surface area contributed by atoms with Crippen molar-refractivity contribution in [3.05, 3.63) is 29.8 Å². The van der Waals surface area contributed by atoms with Crippen LogP contribution in [0.3, 0.4) is 0 Å². The molecule has 0 saturated heterocycles. The summed E-state index contributed by atoms with van der Waals surface area (Å²) < 4.78 is 0. The van der Waals surface area contributed by atoms with Crippen molar-refractivity contribution in [2.45, 2.75) is 51.0 Å². The predicted molar refractivity (Wildman–Crippen MR) is 86.5 cm³/mol. The molecule has 1 aromatic rings. The monoisotopic (exact) mass is 283 g/mol. The van der Waals surface area contributed by atoms with Crippen molar-refractivity contribution in [1.29, 1.82) is 0 Å². The number of guanidine groups is 1. The smallest absolute Gasteiger partial charge is 0.194 e. The Labute approximate surface area is 127 Å². The summed E-state index contributed by atoms with van der Waals surface area (Å²) in [6.45, 7) is 2.08. The summed E-state index contributed by atoms with van der Waals surface area (Å²) in [5.41, 5.74) is 8.63. The van der Waals surface area contributed by atoms with E-state index >= 15 is 0 Å². The number of nitrogens with zero attached hydrogens (tertiary/aromatic N) is 1. The number of hydrogen-bond acceptors (Lipinski definition) is 1. The molecule has 0 aromatic heterocycles. The third-order valence-corrected chi connectivity index (χ3v) is 5.79. The minimum Gasteiger partial charge on any atom is -0.370 e. The zero-order chi connectivity index (χ0) is 14.4. The summed E-state index contributed by atoms with van der Waals surface area (Å²) >= 11 is 0. The van der Waals surface area contributed by atoms with Crippen LogP contribution in [0.15, 0.2) is 29.3 Å². The second-order valence-corrected chi connectivity index (χ2v) is 7.61. The topological polar surface area (TPSA) is 50.4 Å². The number of rotatable bonds is 2. The molecule has 1 aromatic carbocycles. The van der Waals surface area contributed by atoms with Gasteiger partial charge in [0.1, 0.15) is 0 Å². The first-order valence-electron chi connectivity index (χ1n) is 8.30. The quantitative estimate of drug-likeness (QED) is 0.644. The van der Waals surface area contributed by atoms with E-state index in [1.54, 1.807) is 0 Å². The minimum absolute atomic E-state index is 0.241. The van der Waals surface area contributed by atoms with Gasteiger partial charge in [0.25, 0.3) is 0 Å². The van der Waals surface area contributed by atoms with Crippen molar-refractivity contribution in [2.24, 2.45) is 28.5 Å². The lowest BCUT2D eigenvalue weighted by molar-refractivity contribution is -0.0102. The Bertz CT molecular complexity index is 540. The largest absolute Gasteiger partial charge is 0.370 e. The molecule has 112 valence electrons. The highest BCUT2D eigenvalue weighted by Crippen LogP contribution is 2.55. The maximum atomic E-state index is 6.23.